The van der Waals surface area contributed by atoms with Gasteiger partial charge in [0.15, 0.2) is 0 Å². The molecule has 2 bridgehead atoms. The van der Waals surface area contributed by atoms with Gasteiger partial charge in [-0.3, -0.25) is 28.9 Å². The third kappa shape index (κ3) is 9.43. The maximum atomic E-state index is 13.8. The highest BCUT2D eigenvalue weighted by Crippen LogP contribution is 2.35. The van der Waals surface area contributed by atoms with Gasteiger partial charge in [0.1, 0.15) is 48.4 Å². The van der Waals surface area contributed by atoms with Gasteiger partial charge in [-0.25, -0.2) is 0 Å². The lowest BCUT2D eigenvalue weighted by atomic mass is 10.0. The van der Waals surface area contributed by atoms with Crippen LogP contribution in [0.2, 0.25) is 0 Å². The molecule has 51 heavy (non-hydrogen) atoms. The molecular weight excluding hydrogens is 652 g/mol. The Morgan fingerprint density at radius 3 is 2.37 bits per heavy atom. The van der Waals surface area contributed by atoms with Crippen LogP contribution in [0, 0.1) is 0 Å². The number of amides is 5. The number of para-hydroxylation sites is 1. The first-order valence-electron chi connectivity index (χ1n) is 17.4. The molecule has 4 aliphatic rings. The Morgan fingerprint density at radius 2 is 1.61 bits per heavy atom. The molecule has 1 spiro atoms. The molecule has 7 rings (SSSR count). The third-order valence-corrected chi connectivity index (χ3v) is 9.28. The summed E-state index contributed by atoms with van der Waals surface area (Å²) in [6, 6.07) is 21.0. The van der Waals surface area contributed by atoms with Crippen molar-refractivity contribution in [2.75, 3.05) is 32.8 Å². The van der Waals surface area contributed by atoms with Crippen molar-refractivity contribution in [2.45, 2.75) is 62.8 Å². The predicted octanol–water partition coefficient (Wildman–Crippen LogP) is 0.998. The molecule has 0 saturated heterocycles. The zero-order chi connectivity index (χ0) is 35.8. The average Bonchev–Trinajstić information content (AvgIpc) is 3.93. The SMILES string of the molecule is C[C@@H]1NC(=O)[C@@H](NC(=O)CN2CCOc3ccccc3C2)Cc2ccc(cc2)OCCNC(=O)C2(CC2)NC(=O)[C@@H](Cc2ccccc2)NC1=O. The van der Waals surface area contributed by atoms with Crippen LogP contribution in [0.5, 0.6) is 11.5 Å². The fourth-order valence-electron chi connectivity index (χ4n) is 6.22. The Balaban J connectivity index is 1.19. The number of hydrogen-bond acceptors (Lipinski definition) is 8. The van der Waals surface area contributed by atoms with Crippen LogP contribution < -0.4 is 36.1 Å². The Hall–Kier alpha value is -5.43. The lowest BCUT2D eigenvalue weighted by molar-refractivity contribution is -0.134. The maximum Gasteiger partial charge on any atom is 0.245 e. The molecular formula is C38H44N6O7. The van der Waals surface area contributed by atoms with Gasteiger partial charge in [0.05, 0.1) is 13.1 Å². The second kappa shape index (κ2) is 16.1. The predicted molar refractivity (Wildman–Crippen MR) is 188 cm³/mol. The standard InChI is InChI=1S/C38H44N6O7/c1-25-34(46)42-31(21-26-7-3-2-4-8-26)36(48)43-38(15-16-38)37(49)39-17-19-50-29-13-11-27(12-14-29)22-30(35(47)40-25)41-33(45)24-44-18-20-51-32-10-6-5-9-28(32)23-44/h2-14,25,30-31H,15-24H2,1H3,(H,39,49)(H,40,47)(H,41,45)(H,42,46)(H,43,48)/t25-,30-,31+/m0/s1. The van der Waals surface area contributed by atoms with E-state index in [0.29, 0.717) is 38.3 Å². The summed E-state index contributed by atoms with van der Waals surface area (Å²) in [6.45, 7) is 3.45. The molecule has 0 radical (unpaired) electrons. The summed E-state index contributed by atoms with van der Waals surface area (Å²) < 4.78 is 11.7. The van der Waals surface area contributed by atoms with Crippen LogP contribution in [0.25, 0.3) is 0 Å². The topological polar surface area (TPSA) is 167 Å². The van der Waals surface area contributed by atoms with Crippen LogP contribution in [0.4, 0.5) is 0 Å². The quantitative estimate of drug-likeness (QED) is 0.247. The van der Waals surface area contributed by atoms with E-state index in [4.69, 9.17) is 9.47 Å². The van der Waals surface area contributed by atoms with E-state index in [1.165, 1.54) is 6.92 Å². The van der Waals surface area contributed by atoms with Gasteiger partial charge in [-0.05, 0) is 49.1 Å². The molecule has 5 N–H and O–H groups in total. The average molecular weight is 697 g/mol. The van der Waals surface area contributed by atoms with Crippen molar-refractivity contribution in [1.29, 1.82) is 0 Å². The van der Waals surface area contributed by atoms with Gasteiger partial charge in [0, 0.05) is 31.5 Å². The van der Waals surface area contributed by atoms with Gasteiger partial charge in [0.25, 0.3) is 0 Å². The molecule has 1 saturated carbocycles. The van der Waals surface area contributed by atoms with Crippen molar-refractivity contribution in [3.63, 3.8) is 0 Å². The summed E-state index contributed by atoms with van der Waals surface area (Å²) in [4.78, 5) is 69.4. The molecule has 1 fully saturated rings. The molecule has 3 aromatic carbocycles. The lowest BCUT2D eigenvalue weighted by Crippen LogP contribution is -2.59. The Labute approximate surface area is 296 Å². The van der Waals surface area contributed by atoms with Crippen LogP contribution in [-0.2, 0) is 43.4 Å². The van der Waals surface area contributed by atoms with Crippen molar-refractivity contribution in [2.24, 2.45) is 0 Å². The largest absolute Gasteiger partial charge is 0.492 e. The molecule has 3 atom stereocenters. The Bertz CT molecular complexity index is 1730. The number of carbonyl (C=O) groups excluding carboxylic acids is 5. The minimum absolute atomic E-state index is 0.0403. The highest BCUT2D eigenvalue weighted by Gasteiger charge is 2.51. The fourth-order valence-corrected chi connectivity index (χ4v) is 6.22. The number of benzene rings is 3. The summed E-state index contributed by atoms with van der Waals surface area (Å²) in [7, 11) is 0. The number of nitrogens with one attached hydrogen (secondary N) is 5. The smallest absolute Gasteiger partial charge is 0.245 e. The zero-order valence-corrected chi connectivity index (χ0v) is 28.6. The second-order valence-electron chi connectivity index (χ2n) is 13.3. The molecule has 1 aliphatic carbocycles. The normalized spacial score (nSPS) is 22.8. The Kier molecular flexibility index (Phi) is 11.2. The first kappa shape index (κ1) is 35.4. The number of ether oxygens (including phenoxy) is 2. The summed E-state index contributed by atoms with van der Waals surface area (Å²) in [5.41, 5.74) is 1.48. The fraction of sp³-hybridized carbons (Fsp3) is 0.395. The molecule has 268 valence electrons. The number of rotatable bonds is 5. The highest BCUT2D eigenvalue weighted by molar-refractivity contribution is 5.98. The first-order valence-corrected chi connectivity index (χ1v) is 17.4. The summed E-state index contributed by atoms with van der Waals surface area (Å²) >= 11 is 0. The minimum Gasteiger partial charge on any atom is -0.492 e. The van der Waals surface area contributed by atoms with E-state index < -0.39 is 41.4 Å². The summed E-state index contributed by atoms with van der Waals surface area (Å²) in [5, 5.41) is 14.1. The number of nitrogens with zero attached hydrogens (tertiary/aromatic N) is 1. The van der Waals surface area contributed by atoms with E-state index in [9.17, 15) is 24.0 Å². The third-order valence-electron chi connectivity index (χ3n) is 9.28. The van der Waals surface area contributed by atoms with Gasteiger partial charge >= 0.3 is 0 Å². The van der Waals surface area contributed by atoms with Gasteiger partial charge in [-0.1, -0.05) is 60.7 Å². The van der Waals surface area contributed by atoms with Gasteiger partial charge in [0.2, 0.25) is 29.5 Å². The highest BCUT2D eigenvalue weighted by atomic mass is 16.5. The monoisotopic (exact) mass is 696 g/mol. The van der Waals surface area contributed by atoms with E-state index >= 15 is 0 Å². The van der Waals surface area contributed by atoms with Crippen LogP contribution in [0.15, 0.2) is 78.9 Å². The van der Waals surface area contributed by atoms with Gasteiger partial charge in [-0.15, -0.1) is 0 Å². The van der Waals surface area contributed by atoms with Gasteiger partial charge in [-0.2, -0.15) is 0 Å². The van der Waals surface area contributed by atoms with Crippen LogP contribution in [0.3, 0.4) is 0 Å². The molecule has 13 nitrogen and oxygen atoms in total. The van der Waals surface area contributed by atoms with E-state index in [-0.39, 0.29) is 44.4 Å². The van der Waals surface area contributed by atoms with Crippen LogP contribution in [0.1, 0.15) is 36.5 Å². The molecule has 3 aromatic rings. The summed E-state index contributed by atoms with van der Waals surface area (Å²) in [6.07, 6.45) is 1.26. The van der Waals surface area contributed by atoms with E-state index in [1.807, 2.05) is 59.5 Å². The van der Waals surface area contributed by atoms with E-state index in [1.54, 1.807) is 24.3 Å². The molecule has 3 aliphatic heterocycles. The van der Waals surface area contributed by atoms with Crippen molar-refractivity contribution < 1.29 is 33.4 Å². The molecule has 0 unspecified atom stereocenters. The van der Waals surface area contributed by atoms with E-state index in [0.717, 1.165) is 22.4 Å². The minimum atomic E-state index is -1.06. The lowest BCUT2D eigenvalue weighted by Gasteiger charge is -2.26. The molecule has 5 amide bonds. The molecule has 3 heterocycles. The number of carbonyl (C=O) groups is 5. The Morgan fingerprint density at radius 1 is 0.863 bits per heavy atom. The van der Waals surface area contributed by atoms with Crippen molar-refractivity contribution in [1.82, 2.24) is 31.5 Å². The van der Waals surface area contributed by atoms with Gasteiger partial charge < -0.3 is 36.1 Å². The van der Waals surface area contributed by atoms with Crippen molar-refractivity contribution in [3.05, 3.63) is 95.6 Å². The van der Waals surface area contributed by atoms with Crippen LogP contribution >= 0.6 is 0 Å². The molecule has 0 aromatic heterocycles. The van der Waals surface area contributed by atoms with E-state index in [2.05, 4.69) is 26.6 Å². The zero-order valence-electron chi connectivity index (χ0n) is 28.6. The number of fused-ring (bicyclic) bond motifs is 16. The second-order valence-corrected chi connectivity index (χ2v) is 13.3. The van der Waals surface area contributed by atoms with Crippen molar-refractivity contribution in [3.8, 4) is 11.5 Å². The summed E-state index contributed by atoms with van der Waals surface area (Å²) in [5.74, 6) is -0.945. The van der Waals surface area contributed by atoms with Crippen LogP contribution in [-0.4, -0.2) is 90.9 Å². The maximum absolute atomic E-state index is 13.8. The van der Waals surface area contributed by atoms with Crippen molar-refractivity contribution >= 4 is 29.5 Å². The first-order chi connectivity index (χ1) is 24.7. The number of hydrogen-bond donors (Lipinski definition) is 5. The molecule has 13 heteroatoms.